The van der Waals surface area contributed by atoms with Crippen molar-refractivity contribution in [3.63, 3.8) is 0 Å². The van der Waals surface area contributed by atoms with Gasteiger partial charge in [-0.25, -0.2) is 9.78 Å². The fourth-order valence-electron chi connectivity index (χ4n) is 0.745. The maximum absolute atomic E-state index is 11.1. The lowest BCUT2D eigenvalue weighted by molar-refractivity contribution is -0.130. The summed E-state index contributed by atoms with van der Waals surface area (Å²) >= 11 is 1.19. The zero-order valence-corrected chi connectivity index (χ0v) is 8.21. The molecule has 6 nitrogen and oxygen atoms in total. The second-order valence-corrected chi connectivity index (χ2v) is 3.01. The number of carbonyl (C=O) groups excluding carboxylic acids is 1. The minimum atomic E-state index is -0.725. The molecule has 1 aromatic heterocycles. The largest absolute Gasteiger partial charge is 0.457 e. The zero-order valence-electron chi connectivity index (χ0n) is 7.39. The number of esters is 1. The van der Waals surface area contributed by atoms with Crippen molar-refractivity contribution in [2.75, 3.05) is 12.8 Å². The Balaban J connectivity index is 3.00. The maximum atomic E-state index is 11.1. The molecule has 0 aliphatic rings. The average Bonchev–Trinajstić information content (AvgIpc) is 2.60. The van der Waals surface area contributed by atoms with Crippen LogP contribution in [0.2, 0.25) is 0 Å². The number of nitrogens with two attached hydrogens (primary N) is 1. The summed E-state index contributed by atoms with van der Waals surface area (Å²) in [5.41, 5.74) is 5.65. The van der Waals surface area contributed by atoms with E-state index in [1.54, 1.807) is 5.38 Å². The number of hydrogen-bond acceptors (Lipinski definition) is 7. The van der Waals surface area contributed by atoms with Gasteiger partial charge in [0.1, 0.15) is 19.9 Å². The van der Waals surface area contributed by atoms with Crippen LogP contribution in [0.3, 0.4) is 0 Å². The van der Waals surface area contributed by atoms with Gasteiger partial charge in [-0.2, -0.15) is 0 Å². The van der Waals surface area contributed by atoms with E-state index in [0.717, 1.165) is 0 Å². The van der Waals surface area contributed by atoms with Crippen LogP contribution < -0.4 is 5.73 Å². The highest BCUT2D eigenvalue weighted by molar-refractivity contribution is 7.13. The standard InChI is InChI=1S/C7H8N3O3S/c1-12-6(11)5(10-13-2)4-3-14-7(8)9-4/h3H,1H2,2H3,(H2,8,9)/b10-5-. The van der Waals surface area contributed by atoms with Gasteiger partial charge >= 0.3 is 5.97 Å². The van der Waals surface area contributed by atoms with Gasteiger partial charge in [0.15, 0.2) is 5.13 Å². The molecule has 0 aliphatic heterocycles. The van der Waals surface area contributed by atoms with Crippen LogP contribution in [0.5, 0.6) is 0 Å². The predicted molar refractivity (Wildman–Crippen MR) is 51.5 cm³/mol. The Labute approximate surface area is 84.3 Å². The predicted octanol–water partition coefficient (Wildman–Crippen LogP) is 0.411. The van der Waals surface area contributed by atoms with Crippen molar-refractivity contribution < 1.29 is 14.4 Å². The van der Waals surface area contributed by atoms with Crippen LogP contribution in [0.15, 0.2) is 10.5 Å². The average molecular weight is 214 g/mol. The molecule has 0 aromatic carbocycles. The summed E-state index contributed by atoms with van der Waals surface area (Å²) in [4.78, 5) is 19.5. The van der Waals surface area contributed by atoms with Crippen LogP contribution >= 0.6 is 11.3 Å². The molecule has 0 aliphatic carbocycles. The molecule has 0 spiro atoms. The molecule has 7 heteroatoms. The van der Waals surface area contributed by atoms with Gasteiger partial charge in [0, 0.05) is 5.38 Å². The highest BCUT2D eigenvalue weighted by Crippen LogP contribution is 2.12. The summed E-state index contributed by atoms with van der Waals surface area (Å²) in [5.74, 6) is -0.725. The number of nitrogen functional groups attached to an aromatic ring is 1. The minimum absolute atomic E-state index is 0.0598. The molecule has 0 fully saturated rings. The molecule has 1 radical (unpaired) electrons. The van der Waals surface area contributed by atoms with Crippen molar-refractivity contribution in [2.24, 2.45) is 5.16 Å². The number of thiazole rings is 1. The molecular formula is C7H8N3O3S. The first-order chi connectivity index (χ1) is 6.69. The Hall–Kier alpha value is -1.63. The molecule has 0 atom stereocenters. The molecule has 0 amide bonds. The number of carbonyl (C=O) groups is 1. The molecule has 75 valence electrons. The van der Waals surface area contributed by atoms with Gasteiger partial charge in [-0.3, -0.25) is 0 Å². The number of nitrogens with zero attached hydrogens (tertiary/aromatic N) is 2. The van der Waals surface area contributed by atoms with E-state index in [0.29, 0.717) is 10.8 Å². The number of oxime groups is 1. The number of hydrogen-bond donors (Lipinski definition) is 1. The summed E-state index contributed by atoms with van der Waals surface area (Å²) in [7, 11) is 4.29. The Bertz CT molecular complexity index is 361. The summed E-state index contributed by atoms with van der Waals surface area (Å²) in [6, 6.07) is 0. The van der Waals surface area contributed by atoms with Crippen LogP contribution in [-0.2, 0) is 14.4 Å². The molecule has 0 unspecified atom stereocenters. The van der Waals surface area contributed by atoms with Crippen LogP contribution in [0.1, 0.15) is 5.69 Å². The SMILES string of the molecule is [CH2]OC(=O)/C(=N\OC)c1csc(N)n1. The van der Waals surface area contributed by atoms with E-state index >= 15 is 0 Å². The molecule has 1 heterocycles. The minimum Gasteiger partial charge on any atom is -0.457 e. The van der Waals surface area contributed by atoms with Crippen molar-refractivity contribution in [1.29, 1.82) is 0 Å². The molecule has 14 heavy (non-hydrogen) atoms. The number of anilines is 1. The highest BCUT2D eigenvalue weighted by Gasteiger charge is 2.18. The van der Waals surface area contributed by atoms with E-state index in [1.165, 1.54) is 18.4 Å². The number of aromatic nitrogens is 1. The first kappa shape index (κ1) is 10.5. The Morgan fingerprint density at radius 3 is 2.93 bits per heavy atom. The van der Waals surface area contributed by atoms with Crippen molar-refractivity contribution in [3.8, 4) is 0 Å². The van der Waals surface area contributed by atoms with E-state index in [9.17, 15) is 4.79 Å². The van der Waals surface area contributed by atoms with E-state index in [1.807, 2.05) is 0 Å². The van der Waals surface area contributed by atoms with Crippen molar-refractivity contribution in [3.05, 3.63) is 18.2 Å². The molecule has 2 N–H and O–H groups in total. The highest BCUT2D eigenvalue weighted by atomic mass is 32.1. The third-order valence-electron chi connectivity index (χ3n) is 1.27. The fourth-order valence-corrected chi connectivity index (χ4v) is 1.29. The van der Waals surface area contributed by atoms with Crippen LogP contribution in [0.4, 0.5) is 5.13 Å². The van der Waals surface area contributed by atoms with Crippen LogP contribution in [0.25, 0.3) is 0 Å². The van der Waals surface area contributed by atoms with Crippen LogP contribution in [0, 0.1) is 7.11 Å². The summed E-state index contributed by atoms with van der Waals surface area (Å²) in [5, 5.41) is 5.38. The summed E-state index contributed by atoms with van der Waals surface area (Å²) < 4.78 is 4.25. The summed E-state index contributed by atoms with van der Waals surface area (Å²) in [6.45, 7) is 0. The van der Waals surface area contributed by atoms with E-state index in [4.69, 9.17) is 5.73 Å². The first-order valence-electron chi connectivity index (χ1n) is 3.48. The van der Waals surface area contributed by atoms with Gasteiger partial charge in [0.25, 0.3) is 0 Å². The lowest BCUT2D eigenvalue weighted by Gasteiger charge is -1.98. The van der Waals surface area contributed by atoms with Crippen molar-refractivity contribution in [2.45, 2.75) is 0 Å². The van der Waals surface area contributed by atoms with Gasteiger partial charge in [-0.15, -0.1) is 11.3 Å². The van der Waals surface area contributed by atoms with Gasteiger partial charge in [-0.1, -0.05) is 5.16 Å². The normalized spacial score (nSPS) is 11.1. The molecule has 0 saturated heterocycles. The third-order valence-corrected chi connectivity index (χ3v) is 1.95. The van der Waals surface area contributed by atoms with Crippen LogP contribution in [-0.4, -0.2) is 23.8 Å². The first-order valence-corrected chi connectivity index (χ1v) is 4.36. The van der Waals surface area contributed by atoms with E-state index < -0.39 is 5.97 Å². The van der Waals surface area contributed by atoms with Gasteiger partial charge in [0.2, 0.25) is 5.71 Å². The molecular weight excluding hydrogens is 206 g/mol. The van der Waals surface area contributed by atoms with E-state index in [-0.39, 0.29) is 5.71 Å². The monoisotopic (exact) mass is 214 g/mol. The number of rotatable bonds is 3. The Kier molecular flexibility index (Phi) is 3.41. The Morgan fingerprint density at radius 1 is 1.79 bits per heavy atom. The quantitative estimate of drug-likeness (QED) is 0.447. The molecule has 0 bridgehead atoms. The van der Waals surface area contributed by atoms with Gasteiger partial charge < -0.3 is 15.3 Å². The fraction of sp³-hybridized carbons (Fsp3) is 0.143. The van der Waals surface area contributed by atoms with Crippen molar-refractivity contribution >= 4 is 28.1 Å². The molecule has 1 rings (SSSR count). The van der Waals surface area contributed by atoms with Crippen molar-refractivity contribution in [1.82, 2.24) is 4.98 Å². The maximum Gasteiger partial charge on any atom is 0.362 e. The summed E-state index contributed by atoms with van der Waals surface area (Å²) in [6.07, 6.45) is 0. The third kappa shape index (κ3) is 2.19. The topological polar surface area (TPSA) is 86.8 Å². The van der Waals surface area contributed by atoms with Gasteiger partial charge in [0.05, 0.1) is 0 Å². The molecule has 1 aromatic rings. The van der Waals surface area contributed by atoms with E-state index in [2.05, 4.69) is 26.8 Å². The zero-order chi connectivity index (χ0) is 10.6. The Morgan fingerprint density at radius 2 is 2.50 bits per heavy atom. The number of ether oxygens (including phenoxy) is 1. The molecule has 0 saturated carbocycles. The lowest BCUT2D eigenvalue weighted by Crippen LogP contribution is -2.17. The smallest absolute Gasteiger partial charge is 0.362 e. The van der Waals surface area contributed by atoms with Gasteiger partial charge in [-0.05, 0) is 0 Å². The lowest BCUT2D eigenvalue weighted by atomic mass is 10.3. The second kappa shape index (κ2) is 4.56. The second-order valence-electron chi connectivity index (χ2n) is 2.13.